The zero-order valence-electron chi connectivity index (χ0n) is 15.9. The Hall–Kier alpha value is -2.27. The molecule has 0 spiro atoms. The largest absolute Gasteiger partial charge is 0.359 e. The van der Waals surface area contributed by atoms with Crippen LogP contribution in [0.5, 0.6) is 0 Å². The minimum Gasteiger partial charge on any atom is -0.347 e. The van der Waals surface area contributed by atoms with Gasteiger partial charge in [0.1, 0.15) is 5.01 Å². The lowest BCUT2D eigenvalue weighted by Crippen LogP contribution is -2.29. The van der Waals surface area contributed by atoms with Crippen molar-refractivity contribution >= 4 is 44.6 Å². The van der Waals surface area contributed by atoms with E-state index in [4.69, 9.17) is 4.98 Å². The van der Waals surface area contributed by atoms with Crippen LogP contribution >= 0.6 is 22.7 Å². The van der Waals surface area contributed by atoms with E-state index in [-0.39, 0.29) is 11.9 Å². The predicted molar refractivity (Wildman–Crippen MR) is 116 cm³/mol. The number of carbonyl (C=O) groups is 1. The van der Waals surface area contributed by atoms with Crippen molar-refractivity contribution in [2.45, 2.75) is 25.8 Å². The number of amides is 1. The van der Waals surface area contributed by atoms with Gasteiger partial charge in [-0.2, -0.15) is 8.42 Å². The van der Waals surface area contributed by atoms with Crippen molar-refractivity contribution in [1.82, 2.24) is 10.3 Å². The Morgan fingerprint density at radius 2 is 1.97 bits per heavy atom. The van der Waals surface area contributed by atoms with Crippen LogP contribution in [0.15, 0.2) is 47.2 Å². The van der Waals surface area contributed by atoms with E-state index in [1.165, 1.54) is 0 Å². The van der Waals surface area contributed by atoms with Crippen LogP contribution in [-0.2, 0) is 25.7 Å². The summed E-state index contributed by atoms with van der Waals surface area (Å²) in [4.78, 5) is 17.9. The molecular formula is C19H21N3O4S3. The van der Waals surface area contributed by atoms with Crippen molar-refractivity contribution in [2.75, 3.05) is 11.8 Å². The van der Waals surface area contributed by atoms with Crippen LogP contribution in [0.25, 0.3) is 9.88 Å². The van der Waals surface area contributed by atoms with Crippen molar-refractivity contribution in [2.24, 2.45) is 0 Å². The first-order valence-corrected chi connectivity index (χ1v) is 12.0. The average Bonchev–Trinajstić information content (AvgIpc) is 3.40. The number of nitrogens with zero attached hydrogens (tertiary/aromatic N) is 1. The fourth-order valence-electron chi connectivity index (χ4n) is 2.62. The minimum absolute atomic E-state index is 0.0508. The second kappa shape index (κ2) is 9.49. The van der Waals surface area contributed by atoms with Gasteiger partial charge in [-0.25, -0.2) is 4.98 Å². The van der Waals surface area contributed by atoms with Crippen molar-refractivity contribution in [3.63, 3.8) is 0 Å². The maximum Gasteiger partial charge on any atom is 0.359 e. The van der Waals surface area contributed by atoms with Gasteiger partial charge in [-0.1, -0.05) is 25.1 Å². The monoisotopic (exact) mass is 451 g/mol. The van der Waals surface area contributed by atoms with Gasteiger partial charge in [0.05, 0.1) is 29.4 Å². The first kappa shape index (κ1) is 21.4. The minimum atomic E-state index is -3.80. The van der Waals surface area contributed by atoms with Gasteiger partial charge in [-0.3, -0.25) is 13.7 Å². The number of rotatable bonds is 9. The quantitative estimate of drug-likeness (QED) is 0.513. The molecule has 1 aromatic carbocycles. The highest BCUT2D eigenvalue weighted by Gasteiger charge is 2.19. The van der Waals surface area contributed by atoms with Gasteiger partial charge in [0.2, 0.25) is 5.91 Å². The molecule has 0 bridgehead atoms. The fraction of sp³-hybridized carbons (Fsp3) is 0.263. The number of aromatic nitrogens is 1. The summed E-state index contributed by atoms with van der Waals surface area (Å²) in [5.41, 5.74) is 2.15. The number of thiophene rings is 1. The van der Waals surface area contributed by atoms with E-state index in [2.05, 4.69) is 14.2 Å². The molecule has 0 aliphatic heterocycles. The highest BCUT2D eigenvalue weighted by Crippen LogP contribution is 2.30. The van der Waals surface area contributed by atoms with E-state index in [0.717, 1.165) is 28.3 Å². The molecule has 3 aromatic rings. The van der Waals surface area contributed by atoms with Crippen LogP contribution in [0.1, 0.15) is 30.6 Å². The lowest BCUT2D eigenvalue weighted by molar-refractivity contribution is -0.121. The molecule has 0 saturated carbocycles. The van der Waals surface area contributed by atoms with Crippen molar-refractivity contribution in [3.05, 3.63) is 58.4 Å². The van der Waals surface area contributed by atoms with E-state index < -0.39 is 10.3 Å². The molecule has 2 aromatic heterocycles. The second-order valence-corrected chi connectivity index (χ2v) is 9.40. The number of hydrogen-bond acceptors (Lipinski definition) is 7. The summed E-state index contributed by atoms with van der Waals surface area (Å²) in [6.07, 6.45) is 0.923. The molecular weight excluding hydrogens is 430 g/mol. The molecule has 10 heteroatoms. The van der Waals surface area contributed by atoms with Gasteiger partial charge >= 0.3 is 10.3 Å². The number of nitrogens with one attached hydrogen (secondary N) is 2. The van der Waals surface area contributed by atoms with Gasteiger partial charge in [-0.05, 0) is 35.6 Å². The van der Waals surface area contributed by atoms with Gasteiger partial charge in [0.25, 0.3) is 0 Å². The summed E-state index contributed by atoms with van der Waals surface area (Å²) < 4.78 is 29.7. The smallest absolute Gasteiger partial charge is 0.347 e. The third-order valence-electron chi connectivity index (χ3n) is 4.12. The van der Waals surface area contributed by atoms with E-state index in [9.17, 15) is 13.2 Å². The second-order valence-electron chi connectivity index (χ2n) is 6.15. The van der Waals surface area contributed by atoms with Crippen molar-refractivity contribution < 1.29 is 17.4 Å². The Balaban J connectivity index is 1.78. The van der Waals surface area contributed by atoms with E-state index >= 15 is 0 Å². The summed E-state index contributed by atoms with van der Waals surface area (Å²) in [5, 5.41) is 7.93. The summed E-state index contributed by atoms with van der Waals surface area (Å²) in [7, 11) is -2.71. The van der Waals surface area contributed by atoms with Crippen LogP contribution in [0.2, 0.25) is 0 Å². The Labute approximate surface area is 178 Å². The lowest BCUT2D eigenvalue weighted by Gasteiger charge is -2.17. The van der Waals surface area contributed by atoms with Gasteiger partial charge in [0, 0.05) is 11.8 Å². The maximum absolute atomic E-state index is 12.0. The van der Waals surface area contributed by atoms with E-state index in [0.29, 0.717) is 18.5 Å². The molecule has 29 heavy (non-hydrogen) atoms. The number of benzene rings is 1. The molecule has 0 aliphatic carbocycles. The molecule has 7 nitrogen and oxygen atoms in total. The zero-order chi connectivity index (χ0) is 20.9. The third kappa shape index (κ3) is 5.86. The predicted octanol–water partition coefficient (Wildman–Crippen LogP) is 3.98. The molecule has 2 N–H and O–H groups in total. The van der Waals surface area contributed by atoms with E-state index in [1.54, 1.807) is 41.7 Å². The fourth-order valence-corrected chi connectivity index (χ4v) is 4.81. The van der Waals surface area contributed by atoms with Crippen LogP contribution in [0, 0.1) is 0 Å². The normalized spacial score (nSPS) is 12.5. The number of hydrogen-bond donors (Lipinski definition) is 2. The topological polar surface area (TPSA) is 97.4 Å². The number of thiazole rings is 1. The van der Waals surface area contributed by atoms with Gasteiger partial charge in [0.15, 0.2) is 0 Å². The highest BCUT2D eigenvalue weighted by molar-refractivity contribution is 7.88. The van der Waals surface area contributed by atoms with Crippen molar-refractivity contribution in [1.29, 1.82) is 0 Å². The Bertz CT molecular complexity index is 1040. The van der Waals surface area contributed by atoms with Gasteiger partial charge in [-0.15, -0.1) is 22.7 Å². The summed E-state index contributed by atoms with van der Waals surface area (Å²) in [6, 6.07) is 10.7. The third-order valence-corrected chi connectivity index (χ3v) is 6.95. The zero-order valence-corrected chi connectivity index (χ0v) is 18.4. The SMILES string of the molecule is CCC(=O)N[C@@H](Cc1ccc(NS(=O)(=O)OC)cc1)c1csc(-c2cccs2)n1. The Morgan fingerprint density at radius 3 is 2.59 bits per heavy atom. The van der Waals surface area contributed by atoms with Crippen LogP contribution in [-0.4, -0.2) is 26.4 Å². The average molecular weight is 452 g/mol. The van der Waals surface area contributed by atoms with Crippen LogP contribution in [0.4, 0.5) is 5.69 Å². The molecule has 0 saturated heterocycles. The maximum atomic E-state index is 12.0. The highest BCUT2D eigenvalue weighted by atomic mass is 32.2. The number of anilines is 1. The first-order valence-electron chi connectivity index (χ1n) is 8.86. The van der Waals surface area contributed by atoms with Crippen molar-refractivity contribution in [3.8, 4) is 9.88 Å². The number of carbonyl (C=O) groups excluding carboxylic acids is 1. The first-order chi connectivity index (χ1) is 13.9. The molecule has 154 valence electrons. The van der Waals surface area contributed by atoms with Gasteiger partial charge < -0.3 is 5.32 Å². The summed E-state index contributed by atoms with van der Waals surface area (Å²) >= 11 is 3.18. The molecule has 0 fully saturated rings. The standard InChI is InChI=1S/C19H21N3O4S3/c1-3-18(23)20-15(16-12-28-19(21-16)17-5-4-10-27-17)11-13-6-8-14(9-7-13)22-29(24,25)26-2/h4-10,12,15,22H,3,11H2,1-2H3,(H,20,23)/t15-/m0/s1. The summed E-state index contributed by atoms with van der Waals surface area (Å²) in [5.74, 6) is -0.0508. The van der Waals surface area contributed by atoms with Crippen LogP contribution in [0.3, 0.4) is 0 Å². The lowest BCUT2D eigenvalue weighted by atomic mass is 10.0. The molecule has 1 atom stereocenters. The summed E-state index contributed by atoms with van der Waals surface area (Å²) in [6.45, 7) is 1.81. The molecule has 0 radical (unpaired) electrons. The van der Waals surface area contributed by atoms with Crippen LogP contribution < -0.4 is 10.0 Å². The Kier molecular flexibility index (Phi) is 7.01. The molecule has 0 unspecified atom stereocenters. The molecule has 1 amide bonds. The molecule has 3 rings (SSSR count). The van der Waals surface area contributed by atoms with E-state index in [1.807, 2.05) is 35.0 Å². The molecule has 0 aliphatic rings. The molecule has 2 heterocycles. The Morgan fingerprint density at radius 1 is 1.21 bits per heavy atom.